The van der Waals surface area contributed by atoms with Crippen molar-refractivity contribution >= 4 is 11.8 Å². The summed E-state index contributed by atoms with van der Waals surface area (Å²) in [7, 11) is 1.62. The molecule has 2 rings (SSSR count). The Morgan fingerprint density at radius 2 is 1.74 bits per heavy atom. The minimum Gasteiger partial charge on any atom is -0.497 e. The Hall–Kier alpha value is -3.02. The van der Waals surface area contributed by atoms with Crippen molar-refractivity contribution in [2.24, 2.45) is 0 Å². The van der Waals surface area contributed by atoms with Gasteiger partial charge in [0.25, 0.3) is 5.91 Å². The summed E-state index contributed by atoms with van der Waals surface area (Å²) in [6.07, 6.45) is 0.917. The van der Waals surface area contributed by atoms with Crippen LogP contribution >= 0.6 is 0 Å². The molecular weight excluding hydrogens is 344 g/mol. The van der Waals surface area contributed by atoms with E-state index in [0.29, 0.717) is 43.9 Å². The van der Waals surface area contributed by atoms with Gasteiger partial charge in [-0.2, -0.15) is 0 Å². The molecule has 0 bridgehead atoms. The Kier molecular flexibility index (Phi) is 8.16. The Labute approximate surface area is 159 Å². The average molecular weight is 370 g/mol. The number of carbonyl (C=O) groups excluding carboxylic acids is 2. The third-order valence-electron chi connectivity index (χ3n) is 3.95. The summed E-state index contributed by atoms with van der Waals surface area (Å²) < 4.78 is 10.6. The normalized spacial score (nSPS) is 10.1. The van der Waals surface area contributed by atoms with Gasteiger partial charge in [-0.05, 0) is 43.2 Å². The van der Waals surface area contributed by atoms with Crippen LogP contribution < -0.4 is 20.1 Å². The monoisotopic (exact) mass is 370 g/mol. The minimum absolute atomic E-state index is 0.0465. The first-order chi connectivity index (χ1) is 13.1. The fourth-order valence-corrected chi connectivity index (χ4v) is 2.51. The Balaban J connectivity index is 1.68. The largest absolute Gasteiger partial charge is 0.497 e. The molecular formula is C21H26N2O4. The van der Waals surface area contributed by atoms with Crippen LogP contribution in [-0.4, -0.2) is 32.1 Å². The van der Waals surface area contributed by atoms with Gasteiger partial charge in [-0.3, -0.25) is 9.59 Å². The fraction of sp³-hybridized carbons (Fsp3) is 0.333. The summed E-state index contributed by atoms with van der Waals surface area (Å²) >= 11 is 0. The van der Waals surface area contributed by atoms with E-state index in [0.717, 1.165) is 11.3 Å². The van der Waals surface area contributed by atoms with Crippen molar-refractivity contribution in [3.63, 3.8) is 0 Å². The topological polar surface area (TPSA) is 76.7 Å². The van der Waals surface area contributed by atoms with Crippen LogP contribution in [0.1, 0.15) is 35.7 Å². The highest BCUT2D eigenvalue weighted by Gasteiger charge is 2.11. The number of rotatable bonds is 10. The van der Waals surface area contributed by atoms with Gasteiger partial charge < -0.3 is 20.1 Å². The van der Waals surface area contributed by atoms with Gasteiger partial charge in [-0.25, -0.2) is 0 Å². The van der Waals surface area contributed by atoms with Gasteiger partial charge in [0.15, 0.2) is 0 Å². The SMILES string of the molecule is CCOc1ccccc1C(=O)NCCCC(=O)NCc1ccc(OC)cc1. The van der Waals surface area contributed by atoms with Crippen LogP contribution in [0, 0.1) is 0 Å². The van der Waals surface area contributed by atoms with Crippen LogP contribution in [0.25, 0.3) is 0 Å². The lowest BCUT2D eigenvalue weighted by Gasteiger charge is -2.10. The smallest absolute Gasteiger partial charge is 0.255 e. The number of benzene rings is 2. The van der Waals surface area contributed by atoms with Crippen molar-refractivity contribution in [1.29, 1.82) is 0 Å². The van der Waals surface area contributed by atoms with Gasteiger partial charge >= 0.3 is 0 Å². The summed E-state index contributed by atoms with van der Waals surface area (Å²) in [4.78, 5) is 24.2. The van der Waals surface area contributed by atoms with Crippen LogP contribution in [0.4, 0.5) is 0 Å². The number of hydrogen-bond acceptors (Lipinski definition) is 4. The van der Waals surface area contributed by atoms with E-state index in [1.54, 1.807) is 25.3 Å². The van der Waals surface area contributed by atoms with Crippen molar-refractivity contribution in [1.82, 2.24) is 10.6 Å². The number of para-hydroxylation sites is 1. The molecule has 0 saturated heterocycles. The molecule has 0 aliphatic heterocycles. The van der Waals surface area contributed by atoms with Crippen LogP contribution in [0.3, 0.4) is 0 Å². The highest BCUT2D eigenvalue weighted by molar-refractivity contribution is 5.96. The Morgan fingerprint density at radius 3 is 2.44 bits per heavy atom. The molecule has 27 heavy (non-hydrogen) atoms. The second-order valence-corrected chi connectivity index (χ2v) is 5.91. The van der Waals surface area contributed by atoms with E-state index in [1.165, 1.54) is 0 Å². The number of hydrogen-bond donors (Lipinski definition) is 2. The van der Waals surface area contributed by atoms with Crippen molar-refractivity contribution in [2.45, 2.75) is 26.3 Å². The molecule has 0 aliphatic carbocycles. The molecule has 0 aromatic heterocycles. The highest BCUT2D eigenvalue weighted by Crippen LogP contribution is 2.17. The number of carbonyl (C=O) groups is 2. The Morgan fingerprint density at radius 1 is 1.00 bits per heavy atom. The number of amides is 2. The molecule has 2 aromatic rings. The lowest BCUT2D eigenvalue weighted by Crippen LogP contribution is -2.27. The molecule has 0 spiro atoms. The van der Waals surface area contributed by atoms with Gasteiger partial charge in [-0.15, -0.1) is 0 Å². The van der Waals surface area contributed by atoms with E-state index < -0.39 is 0 Å². The average Bonchev–Trinajstić information content (AvgIpc) is 2.70. The van der Waals surface area contributed by atoms with Crippen LogP contribution in [-0.2, 0) is 11.3 Å². The number of nitrogens with one attached hydrogen (secondary N) is 2. The molecule has 144 valence electrons. The molecule has 2 amide bonds. The number of ether oxygens (including phenoxy) is 2. The van der Waals surface area contributed by atoms with Crippen molar-refractivity contribution in [2.75, 3.05) is 20.3 Å². The highest BCUT2D eigenvalue weighted by atomic mass is 16.5. The molecule has 0 radical (unpaired) electrons. The molecule has 2 N–H and O–H groups in total. The van der Waals surface area contributed by atoms with Crippen molar-refractivity contribution in [3.8, 4) is 11.5 Å². The molecule has 0 atom stereocenters. The summed E-state index contributed by atoms with van der Waals surface area (Å²) in [6, 6.07) is 14.7. The first-order valence-electron chi connectivity index (χ1n) is 9.03. The van der Waals surface area contributed by atoms with E-state index >= 15 is 0 Å². The maximum atomic E-state index is 12.2. The molecule has 0 fully saturated rings. The molecule has 6 heteroatoms. The standard InChI is InChI=1S/C21H26N2O4/c1-3-27-19-8-5-4-7-18(19)21(25)22-14-6-9-20(24)23-15-16-10-12-17(26-2)13-11-16/h4-5,7-8,10-13H,3,6,9,14-15H2,1-2H3,(H,22,25)(H,23,24). The Bertz CT molecular complexity index is 744. The van der Waals surface area contributed by atoms with E-state index in [4.69, 9.17) is 9.47 Å². The van der Waals surface area contributed by atoms with E-state index in [2.05, 4.69) is 10.6 Å². The van der Waals surface area contributed by atoms with Crippen molar-refractivity contribution < 1.29 is 19.1 Å². The van der Waals surface area contributed by atoms with E-state index in [-0.39, 0.29) is 11.8 Å². The first-order valence-corrected chi connectivity index (χ1v) is 9.03. The van der Waals surface area contributed by atoms with Gasteiger partial charge in [0, 0.05) is 19.5 Å². The third-order valence-corrected chi connectivity index (χ3v) is 3.95. The predicted molar refractivity (Wildman–Crippen MR) is 104 cm³/mol. The number of methoxy groups -OCH3 is 1. The summed E-state index contributed by atoms with van der Waals surface area (Å²) in [5.74, 6) is 1.11. The zero-order chi connectivity index (χ0) is 19.5. The van der Waals surface area contributed by atoms with E-state index in [9.17, 15) is 9.59 Å². The summed E-state index contributed by atoms with van der Waals surface area (Å²) in [5.41, 5.74) is 1.51. The van der Waals surface area contributed by atoms with E-state index in [1.807, 2.05) is 37.3 Å². The molecule has 0 unspecified atom stereocenters. The van der Waals surface area contributed by atoms with Gasteiger partial charge in [0.1, 0.15) is 11.5 Å². The van der Waals surface area contributed by atoms with Crippen LogP contribution in [0.5, 0.6) is 11.5 Å². The molecule has 6 nitrogen and oxygen atoms in total. The molecule has 2 aromatic carbocycles. The second-order valence-electron chi connectivity index (χ2n) is 5.91. The van der Waals surface area contributed by atoms with Crippen LogP contribution in [0.15, 0.2) is 48.5 Å². The first kappa shape index (κ1) is 20.3. The van der Waals surface area contributed by atoms with Gasteiger partial charge in [0.2, 0.25) is 5.91 Å². The van der Waals surface area contributed by atoms with Gasteiger partial charge in [-0.1, -0.05) is 24.3 Å². The zero-order valence-electron chi connectivity index (χ0n) is 15.8. The fourth-order valence-electron chi connectivity index (χ4n) is 2.51. The van der Waals surface area contributed by atoms with Crippen molar-refractivity contribution in [3.05, 3.63) is 59.7 Å². The summed E-state index contributed by atoms with van der Waals surface area (Å²) in [6.45, 7) is 3.27. The quantitative estimate of drug-likeness (QED) is 0.631. The maximum absolute atomic E-state index is 12.2. The lowest BCUT2D eigenvalue weighted by molar-refractivity contribution is -0.121. The molecule has 0 aliphatic rings. The maximum Gasteiger partial charge on any atom is 0.255 e. The second kappa shape index (κ2) is 10.9. The molecule has 0 saturated carbocycles. The third kappa shape index (κ3) is 6.66. The van der Waals surface area contributed by atoms with Gasteiger partial charge in [0.05, 0.1) is 19.3 Å². The predicted octanol–water partition coefficient (Wildman–Crippen LogP) is 2.92. The van der Waals surface area contributed by atoms with Crippen LogP contribution in [0.2, 0.25) is 0 Å². The molecule has 0 heterocycles. The lowest BCUT2D eigenvalue weighted by atomic mass is 10.2. The zero-order valence-corrected chi connectivity index (χ0v) is 15.8. The summed E-state index contributed by atoms with van der Waals surface area (Å²) in [5, 5.41) is 5.70. The minimum atomic E-state index is -0.197.